The van der Waals surface area contributed by atoms with Crippen molar-refractivity contribution in [3.05, 3.63) is 62.3 Å². The number of nitrogens with one attached hydrogen (secondary N) is 1. The zero-order valence-electron chi connectivity index (χ0n) is 15.1. The lowest BCUT2D eigenvalue weighted by molar-refractivity contribution is 0.0737. The van der Waals surface area contributed by atoms with E-state index in [0.29, 0.717) is 18.7 Å². The second-order valence-corrected chi connectivity index (χ2v) is 6.82. The molecule has 8 nitrogen and oxygen atoms in total. The molecule has 0 fully saturated rings. The number of aromatic hydroxyl groups is 1. The molecule has 0 unspecified atom stereocenters. The van der Waals surface area contributed by atoms with Crippen molar-refractivity contribution < 1.29 is 27.9 Å². The van der Waals surface area contributed by atoms with Crippen LogP contribution in [0.3, 0.4) is 0 Å². The molecule has 2 aliphatic heterocycles. The standard InChI is InChI=1S/C18H15F3N4O4/c1-23-7-24-3-2-12-13(15(26)16(27)14(18(23)29)25(12)24)17(28)22-6-9-10(20)4-8(19)5-11(9)21/h4-5,27H,2-3,6-7H2,1H3,(H,22,28). The van der Waals surface area contributed by atoms with Gasteiger partial charge < -0.3 is 15.3 Å². The molecule has 29 heavy (non-hydrogen) atoms. The Bertz CT molecular complexity index is 1110. The molecule has 2 N–H and O–H groups in total. The molecule has 0 saturated heterocycles. The number of hydrogen-bond donors (Lipinski definition) is 2. The number of pyridine rings is 1. The van der Waals surface area contributed by atoms with Crippen LogP contribution in [0.5, 0.6) is 5.75 Å². The molecule has 0 aliphatic carbocycles. The Balaban J connectivity index is 1.72. The van der Waals surface area contributed by atoms with Gasteiger partial charge in [-0.15, -0.1) is 0 Å². The number of rotatable bonds is 3. The van der Waals surface area contributed by atoms with Gasteiger partial charge in [-0.05, 0) is 0 Å². The predicted molar refractivity (Wildman–Crippen MR) is 93.6 cm³/mol. The average Bonchev–Trinajstić information content (AvgIpc) is 3.04. The Hall–Kier alpha value is -3.50. The van der Waals surface area contributed by atoms with E-state index in [-0.39, 0.29) is 24.5 Å². The Kier molecular flexibility index (Phi) is 4.25. The first-order valence-electron chi connectivity index (χ1n) is 8.64. The Morgan fingerprint density at radius 3 is 2.52 bits per heavy atom. The summed E-state index contributed by atoms with van der Waals surface area (Å²) in [5.74, 6) is -5.87. The predicted octanol–water partition coefficient (Wildman–Crippen LogP) is 0.438. The molecule has 0 bridgehead atoms. The number of carbonyl (C=O) groups excluding carboxylic acids is 2. The van der Waals surface area contributed by atoms with Gasteiger partial charge >= 0.3 is 0 Å². The van der Waals surface area contributed by atoms with Crippen LogP contribution >= 0.6 is 0 Å². The van der Waals surface area contributed by atoms with Gasteiger partial charge in [0, 0.05) is 44.3 Å². The van der Waals surface area contributed by atoms with Gasteiger partial charge in [-0.25, -0.2) is 13.2 Å². The largest absolute Gasteiger partial charge is 0.502 e. The molecule has 2 aromatic rings. The van der Waals surface area contributed by atoms with Crippen molar-refractivity contribution in [2.45, 2.75) is 13.0 Å². The van der Waals surface area contributed by atoms with Crippen molar-refractivity contribution in [3.8, 4) is 5.75 Å². The van der Waals surface area contributed by atoms with E-state index in [0.717, 1.165) is 0 Å². The van der Waals surface area contributed by atoms with E-state index in [9.17, 15) is 32.7 Å². The summed E-state index contributed by atoms with van der Waals surface area (Å²) in [5.41, 5.74) is -2.04. The summed E-state index contributed by atoms with van der Waals surface area (Å²) in [6.07, 6.45) is 0.256. The van der Waals surface area contributed by atoms with Gasteiger partial charge in [0.1, 0.15) is 29.7 Å². The fraction of sp³-hybridized carbons (Fsp3) is 0.278. The average molecular weight is 408 g/mol. The number of halogens is 3. The van der Waals surface area contributed by atoms with Gasteiger partial charge in [-0.2, -0.15) is 0 Å². The van der Waals surface area contributed by atoms with E-state index in [2.05, 4.69) is 5.32 Å². The number of carbonyl (C=O) groups is 2. The van der Waals surface area contributed by atoms with Gasteiger partial charge in [-0.3, -0.25) is 24.1 Å². The third-order valence-corrected chi connectivity index (χ3v) is 5.00. The van der Waals surface area contributed by atoms with Crippen molar-refractivity contribution in [2.24, 2.45) is 0 Å². The van der Waals surface area contributed by atoms with Crippen molar-refractivity contribution in [1.29, 1.82) is 0 Å². The van der Waals surface area contributed by atoms with Crippen LogP contribution in [0.25, 0.3) is 0 Å². The highest BCUT2D eigenvalue weighted by molar-refractivity contribution is 6.00. The maximum atomic E-state index is 13.8. The molecule has 2 amide bonds. The van der Waals surface area contributed by atoms with Crippen LogP contribution in [0.4, 0.5) is 13.2 Å². The van der Waals surface area contributed by atoms with Crippen molar-refractivity contribution in [3.63, 3.8) is 0 Å². The van der Waals surface area contributed by atoms with Crippen molar-refractivity contribution in [2.75, 3.05) is 25.3 Å². The number of hydrogen-bond acceptors (Lipinski definition) is 5. The molecular formula is C18H15F3N4O4. The van der Waals surface area contributed by atoms with E-state index in [1.807, 2.05) is 0 Å². The fourth-order valence-electron chi connectivity index (χ4n) is 3.62. The molecule has 152 valence electrons. The second-order valence-electron chi connectivity index (χ2n) is 6.82. The molecule has 0 spiro atoms. The van der Waals surface area contributed by atoms with E-state index >= 15 is 0 Å². The molecular weight excluding hydrogens is 393 g/mol. The monoisotopic (exact) mass is 408 g/mol. The molecule has 4 rings (SSSR count). The normalized spacial score (nSPS) is 15.0. The highest BCUT2D eigenvalue weighted by Crippen LogP contribution is 2.27. The molecule has 0 saturated carbocycles. The molecule has 1 aromatic carbocycles. The molecule has 0 radical (unpaired) electrons. The molecule has 2 aliphatic rings. The van der Waals surface area contributed by atoms with Gasteiger partial charge in [0.05, 0.1) is 5.69 Å². The summed E-state index contributed by atoms with van der Waals surface area (Å²) in [4.78, 5) is 39.0. The maximum Gasteiger partial charge on any atom is 0.277 e. The lowest BCUT2D eigenvalue weighted by Crippen LogP contribution is -2.51. The number of amides is 2. The number of benzene rings is 1. The van der Waals surface area contributed by atoms with Crippen LogP contribution in [0.1, 0.15) is 32.1 Å². The number of aromatic nitrogens is 1. The van der Waals surface area contributed by atoms with Crippen LogP contribution in [0, 0.1) is 17.5 Å². The molecule has 11 heteroatoms. The third kappa shape index (κ3) is 2.80. The van der Waals surface area contributed by atoms with Crippen molar-refractivity contribution in [1.82, 2.24) is 14.9 Å². The van der Waals surface area contributed by atoms with Gasteiger partial charge in [0.25, 0.3) is 11.8 Å². The summed E-state index contributed by atoms with van der Waals surface area (Å²) in [5, 5.41) is 14.2. The first-order chi connectivity index (χ1) is 13.7. The smallest absolute Gasteiger partial charge is 0.277 e. The van der Waals surface area contributed by atoms with E-state index in [4.69, 9.17) is 0 Å². The Labute approximate surface area is 161 Å². The van der Waals surface area contributed by atoms with E-state index in [1.165, 1.54) is 16.6 Å². The Morgan fingerprint density at radius 2 is 1.86 bits per heavy atom. The topological polar surface area (TPSA) is 94.9 Å². The maximum absolute atomic E-state index is 13.8. The SMILES string of the molecule is CN1CN2CCc3c(C(=O)NCc4c(F)cc(F)cc4F)c(=O)c(O)c(n32)C1=O. The molecule has 1 aromatic heterocycles. The lowest BCUT2D eigenvalue weighted by Gasteiger charge is -2.35. The summed E-state index contributed by atoms with van der Waals surface area (Å²) < 4.78 is 41.9. The molecule has 3 heterocycles. The molecule has 0 atom stereocenters. The fourth-order valence-corrected chi connectivity index (χ4v) is 3.62. The summed E-state index contributed by atoms with van der Waals surface area (Å²) in [6, 6.07) is 0.952. The zero-order chi connectivity index (χ0) is 21.0. The van der Waals surface area contributed by atoms with E-state index < -0.39 is 58.1 Å². The first kappa shape index (κ1) is 18.8. The second kappa shape index (κ2) is 6.54. The highest BCUT2D eigenvalue weighted by atomic mass is 19.1. The summed E-state index contributed by atoms with van der Waals surface area (Å²) in [6.45, 7) is -0.0349. The van der Waals surface area contributed by atoms with Crippen LogP contribution in [-0.2, 0) is 13.0 Å². The van der Waals surface area contributed by atoms with Gasteiger partial charge in [-0.1, -0.05) is 0 Å². The van der Waals surface area contributed by atoms with Gasteiger partial charge in [0.15, 0.2) is 11.4 Å². The summed E-state index contributed by atoms with van der Waals surface area (Å²) >= 11 is 0. The van der Waals surface area contributed by atoms with E-state index in [1.54, 1.807) is 5.01 Å². The van der Waals surface area contributed by atoms with Gasteiger partial charge in [0.2, 0.25) is 5.43 Å². The van der Waals surface area contributed by atoms with Crippen LogP contribution in [-0.4, -0.2) is 46.8 Å². The minimum Gasteiger partial charge on any atom is -0.502 e. The first-order valence-corrected chi connectivity index (χ1v) is 8.64. The van der Waals surface area contributed by atoms with Crippen LogP contribution in [0.15, 0.2) is 16.9 Å². The van der Waals surface area contributed by atoms with Crippen LogP contribution < -0.4 is 15.8 Å². The lowest BCUT2D eigenvalue weighted by atomic mass is 10.1. The third-order valence-electron chi connectivity index (χ3n) is 5.00. The minimum absolute atomic E-state index is 0.203. The number of nitrogens with zero attached hydrogens (tertiary/aromatic N) is 3. The quantitative estimate of drug-likeness (QED) is 0.769. The minimum atomic E-state index is -1.18. The Morgan fingerprint density at radius 1 is 1.21 bits per heavy atom. The highest BCUT2D eigenvalue weighted by Gasteiger charge is 2.39. The van der Waals surface area contributed by atoms with Crippen LogP contribution in [0.2, 0.25) is 0 Å². The zero-order valence-corrected chi connectivity index (χ0v) is 15.1. The van der Waals surface area contributed by atoms with Crippen molar-refractivity contribution >= 4 is 11.8 Å². The summed E-state index contributed by atoms with van der Waals surface area (Å²) in [7, 11) is 1.51.